The summed E-state index contributed by atoms with van der Waals surface area (Å²) in [6.45, 7) is 8.72. The van der Waals surface area contributed by atoms with E-state index in [1.807, 2.05) is 13.8 Å². The monoisotopic (exact) mass is 346 g/mol. The minimum atomic E-state index is -0.578. The van der Waals surface area contributed by atoms with Crippen molar-refractivity contribution in [2.75, 3.05) is 6.54 Å². The SMILES string of the molecule is CCCCCNC(=O)c1cc(C(C)C)nc2c1c(=O)[nH]c(=O)n2CC. The van der Waals surface area contributed by atoms with Crippen molar-refractivity contribution in [2.24, 2.45) is 0 Å². The van der Waals surface area contributed by atoms with Gasteiger partial charge in [0.2, 0.25) is 0 Å². The largest absolute Gasteiger partial charge is 0.352 e. The van der Waals surface area contributed by atoms with Gasteiger partial charge in [-0.1, -0.05) is 33.6 Å². The number of carbonyl (C=O) groups excluding carboxylic acids is 1. The molecule has 2 aromatic rings. The Balaban J connectivity index is 2.63. The number of aryl methyl sites for hydroxylation is 1. The van der Waals surface area contributed by atoms with Gasteiger partial charge in [0.25, 0.3) is 11.5 Å². The van der Waals surface area contributed by atoms with Crippen LogP contribution in [-0.2, 0) is 6.54 Å². The maximum atomic E-state index is 12.7. The van der Waals surface area contributed by atoms with E-state index >= 15 is 0 Å². The first kappa shape index (κ1) is 18.9. The predicted octanol–water partition coefficient (Wildman–Crippen LogP) is 2.15. The van der Waals surface area contributed by atoms with Crippen molar-refractivity contribution in [3.63, 3.8) is 0 Å². The van der Waals surface area contributed by atoms with E-state index in [0.717, 1.165) is 19.3 Å². The van der Waals surface area contributed by atoms with Crippen molar-refractivity contribution < 1.29 is 4.79 Å². The van der Waals surface area contributed by atoms with Crippen molar-refractivity contribution >= 4 is 16.9 Å². The van der Waals surface area contributed by atoms with Crippen LogP contribution < -0.4 is 16.6 Å². The molecule has 2 N–H and O–H groups in total. The summed E-state index contributed by atoms with van der Waals surface area (Å²) in [6, 6.07) is 1.65. The molecule has 0 aromatic carbocycles. The number of fused-ring (bicyclic) bond motifs is 1. The molecule has 0 radical (unpaired) electrons. The molecule has 0 saturated carbocycles. The number of nitrogens with one attached hydrogen (secondary N) is 2. The van der Waals surface area contributed by atoms with Crippen LogP contribution in [0.1, 0.15) is 68.9 Å². The number of amides is 1. The molecule has 0 saturated heterocycles. The van der Waals surface area contributed by atoms with Gasteiger partial charge in [0.15, 0.2) is 5.65 Å². The van der Waals surface area contributed by atoms with Crippen LogP contribution in [0.15, 0.2) is 15.7 Å². The molecule has 0 bridgehead atoms. The highest BCUT2D eigenvalue weighted by atomic mass is 16.2. The fourth-order valence-electron chi connectivity index (χ4n) is 2.73. The number of pyridine rings is 1. The number of H-pyrrole nitrogens is 1. The summed E-state index contributed by atoms with van der Waals surface area (Å²) >= 11 is 0. The Hall–Kier alpha value is -2.44. The van der Waals surface area contributed by atoms with Crippen molar-refractivity contribution in [3.8, 4) is 0 Å². The number of nitrogens with zero attached hydrogens (tertiary/aromatic N) is 2. The maximum absolute atomic E-state index is 12.7. The highest BCUT2D eigenvalue weighted by Crippen LogP contribution is 2.19. The van der Waals surface area contributed by atoms with Gasteiger partial charge in [0.1, 0.15) is 0 Å². The summed E-state index contributed by atoms with van der Waals surface area (Å²) < 4.78 is 1.39. The minimum absolute atomic E-state index is 0.0655. The predicted molar refractivity (Wildman–Crippen MR) is 98.2 cm³/mol. The highest BCUT2D eigenvalue weighted by Gasteiger charge is 2.19. The molecule has 1 amide bonds. The first-order chi connectivity index (χ1) is 11.9. The molecule has 0 aliphatic carbocycles. The van der Waals surface area contributed by atoms with Gasteiger partial charge >= 0.3 is 5.69 Å². The van der Waals surface area contributed by atoms with Gasteiger partial charge in [-0.25, -0.2) is 9.78 Å². The average Bonchev–Trinajstić information content (AvgIpc) is 2.57. The molecule has 2 aromatic heterocycles. The van der Waals surface area contributed by atoms with E-state index in [4.69, 9.17) is 0 Å². The van der Waals surface area contributed by atoms with E-state index in [1.165, 1.54) is 4.57 Å². The van der Waals surface area contributed by atoms with E-state index < -0.39 is 11.2 Å². The number of hydrogen-bond acceptors (Lipinski definition) is 4. The molecule has 0 unspecified atom stereocenters. The van der Waals surface area contributed by atoms with Crippen LogP contribution in [0.3, 0.4) is 0 Å². The Labute approximate surface area is 146 Å². The molecule has 7 nitrogen and oxygen atoms in total. The van der Waals surface area contributed by atoms with Crippen molar-refractivity contribution in [2.45, 2.75) is 59.4 Å². The standard InChI is InChI=1S/C18H26N4O3/c1-5-7-8-9-19-16(23)12-10-13(11(3)4)20-15-14(12)17(24)21-18(25)22(15)6-2/h10-11H,5-9H2,1-4H3,(H,19,23)(H,21,24,25). The Kier molecular flexibility index (Phi) is 6.12. The van der Waals surface area contributed by atoms with E-state index in [-0.39, 0.29) is 28.4 Å². The zero-order valence-corrected chi connectivity index (χ0v) is 15.3. The molecule has 0 atom stereocenters. The lowest BCUT2D eigenvalue weighted by Crippen LogP contribution is -2.33. The second kappa shape index (κ2) is 8.09. The summed E-state index contributed by atoms with van der Waals surface area (Å²) in [4.78, 5) is 43.8. The Morgan fingerprint density at radius 3 is 2.60 bits per heavy atom. The topological polar surface area (TPSA) is 96.8 Å². The Bertz CT molecular complexity index is 880. The molecule has 0 fully saturated rings. The van der Waals surface area contributed by atoms with Gasteiger partial charge in [-0.3, -0.25) is 19.1 Å². The third-order valence-electron chi connectivity index (χ3n) is 4.19. The van der Waals surface area contributed by atoms with Gasteiger partial charge in [-0.05, 0) is 25.3 Å². The molecule has 0 aliphatic rings. The first-order valence-electron chi connectivity index (χ1n) is 8.86. The van der Waals surface area contributed by atoms with E-state index in [2.05, 4.69) is 22.2 Å². The fraction of sp³-hybridized carbons (Fsp3) is 0.556. The van der Waals surface area contributed by atoms with Gasteiger partial charge in [-0.2, -0.15) is 0 Å². The van der Waals surface area contributed by atoms with Crippen LogP contribution >= 0.6 is 0 Å². The summed E-state index contributed by atoms with van der Waals surface area (Å²) in [5, 5.41) is 3.03. The lowest BCUT2D eigenvalue weighted by molar-refractivity contribution is 0.0954. The number of hydrogen-bond donors (Lipinski definition) is 2. The molecule has 0 spiro atoms. The molecule has 2 rings (SSSR count). The fourth-order valence-corrected chi connectivity index (χ4v) is 2.73. The Morgan fingerprint density at radius 2 is 2.00 bits per heavy atom. The number of aromatic amines is 1. The average molecular weight is 346 g/mol. The lowest BCUT2D eigenvalue weighted by atomic mass is 10.0. The second-order valence-electron chi connectivity index (χ2n) is 6.41. The van der Waals surface area contributed by atoms with Gasteiger partial charge in [0, 0.05) is 18.8 Å². The number of carbonyl (C=O) groups is 1. The normalized spacial score (nSPS) is 11.2. The Morgan fingerprint density at radius 1 is 1.28 bits per heavy atom. The summed E-state index contributed by atoms with van der Waals surface area (Å²) in [7, 11) is 0. The van der Waals surface area contributed by atoms with Crippen LogP contribution in [0.25, 0.3) is 11.0 Å². The second-order valence-corrected chi connectivity index (χ2v) is 6.41. The molecular weight excluding hydrogens is 320 g/mol. The molecule has 0 aliphatic heterocycles. The molecule has 25 heavy (non-hydrogen) atoms. The van der Waals surface area contributed by atoms with Gasteiger partial charge < -0.3 is 5.32 Å². The number of unbranched alkanes of at least 4 members (excludes halogenated alkanes) is 2. The summed E-state index contributed by atoms with van der Waals surface area (Å²) in [6.07, 6.45) is 2.98. The van der Waals surface area contributed by atoms with E-state index in [1.54, 1.807) is 13.0 Å². The van der Waals surface area contributed by atoms with E-state index in [9.17, 15) is 14.4 Å². The van der Waals surface area contributed by atoms with Crippen LogP contribution in [0, 0.1) is 0 Å². The van der Waals surface area contributed by atoms with Crippen molar-refractivity contribution in [3.05, 3.63) is 38.2 Å². The lowest BCUT2D eigenvalue weighted by Gasteiger charge is -2.14. The van der Waals surface area contributed by atoms with Crippen LogP contribution in [0.5, 0.6) is 0 Å². The quantitative estimate of drug-likeness (QED) is 0.751. The smallest absolute Gasteiger partial charge is 0.329 e. The van der Waals surface area contributed by atoms with Crippen molar-refractivity contribution in [1.82, 2.24) is 19.9 Å². The van der Waals surface area contributed by atoms with Crippen molar-refractivity contribution in [1.29, 1.82) is 0 Å². The third-order valence-corrected chi connectivity index (χ3v) is 4.19. The highest BCUT2D eigenvalue weighted by molar-refractivity contribution is 6.05. The van der Waals surface area contributed by atoms with Gasteiger partial charge in [0.05, 0.1) is 10.9 Å². The zero-order chi connectivity index (χ0) is 18.6. The molecule has 7 heteroatoms. The van der Waals surface area contributed by atoms with Crippen LogP contribution in [-0.4, -0.2) is 27.0 Å². The molecule has 2 heterocycles. The molecular formula is C18H26N4O3. The zero-order valence-electron chi connectivity index (χ0n) is 15.3. The molecule has 136 valence electrons. The van der Waals surface area contributed by atoms with Crippen LogP contribution in [0.4, 0.5) is 0 Å². The number of rotatable bonds is 7. The van der Waals surface area contributed by atoms with Gasteiger partial charge in [-0.15, -0.1) is 0 Å². The van der Waals surface area contributed by atoms with E-state index in [0.29, 0.717) is 18.8 Å². The first-order valence-corrected chi connectivity index (χ1v) is 8.86. The third kappa shape index (κ3) is 3.97. The van der Waals surface area contributed by atoms with Crippen LogP contribution in [0.2, 0.25) is 0 Å². The summed E-state index contributed by atoms with van der Waals surface area (Å²) in [5.41, 5.74) is 0.127. The minimum Gasteiger partial charge on any atom is -0.352 e. The summed E-state index contributed by atoms with van der Waals surface area (Å²) in [5.74, 6) is -0.243. The maximum Gasteiger partial charge on any atom is 0.329 e. The number of aromatic nitrogens is 3.